The number of benzene rings is 1. The first kappa shape index (κ1) is 16.2. The van der Waals surface area contributed by atoms with Crippen LogP contribution in [0.3, 0.4) is 0 Å². The fourth-order valence-electron chi connectivity index (χ4n) is 1.96. The van der Waals surface area contributed by atoms with Gasteiger partial charge in [0.25, 0.3) is 0 Å². The zero-order chi connectivity index (χ0) is 15.1. The second-order valence-corrected chi connectivity index (χ2v) is 5.12. The average Bonchev–Trinajstić information content (AvgIpc) is 2.37. The van der Waals surface area contributed by atoms with Crippen LogP contribution in [0.2, 0.25) is 0 Å². The topological polar surface area (TPSA) is 83.6 Å². The fraction of sp³-hybridized carbons (Fsp3) is 0.467. The van der Waals surface area contributed by atoms with E-state index in [4.69, 9.17) is 10.8 Å². The second kappa shape index (κ2) is 7.65. The highest BCUT2D eigenvalue weighted by Crippen LogP contribution is 2.11. The summed E-state index contributed by atoms with van der Waals surface area (Å²) in [6.45, 7) is 5.63. The molecule has 1 aromatic carbocycles. The normalized spacial score (nSPS) is 11.0. The van der Waals surface area contributed by atoms with Gasteiger partial charge in [-0.1, -0.05) is 12.1 Å². The Labute approximate surface area is 119 Å². The lowest BCUT2D eigenvalue weighted by Crippen LogP contribution is -2.31. The SMILES string of the molecule is CC(C)N(CCCC(=O)O)Cc1ccc(C(N)=O)cc1. The summed E-state index contributed by atoms with van der Waals surface area (Å²) in [7, 11) is 0. The molecular formula is C15H22N2O3. The van der Waals surface area contributed by atoms with E-state index in [1.54, 1.807) is 12.1 Å². The van der Waals surface area contributed by atoms with Crippen molar-refractivity contribution < 1.29 is 14.7 Å². The molecule has 0 aromatic heterocycles. The van der Waals surface area contributed by atoms with Gasteiger partial charge in [0.15, 0.2) is 0 Å². The monoisotopic (exact) mass is 278 g/mol. The van der Waals surface area contributed by atoms with E-state index in [-0.39, 0.29) is 6.42 Å². The predicted octanol–water partition coefficient (Wildman–Crippen LogP) is 1.86. The molecule has 0 saturated carbocycles. The molecule has 20 heavy (non-hydrogen) atoms. The summed E-state index contributed by atoms with van der Waals surface area (Å²) in [6.07, 6.45) is 0.816. The molecular weight excluding hydrogens is 256 g/mol. The number of carboxylic acids is 1. The zero-order valence-electron chi connectivity index (χ0n) is 12.0. The molecule has 1 aromatic rings. The number of carboxylic acid groups (broad SMARTS) is 1. The summed E-state index contributed by atoms with van der Waals surface area (Å²) < 4.78 is 0. The maximum Gasteiger partial charge on any atom is 0.303 e. The molecule has 1 amide bonds. The van der Waals surface area contributed by atoms with Crippen molar-refractivity contribution in [1.29, 1.82) is 0 Å². The summed E-state index contributed by atoms with van der Waals surface area (Å²) in [4.78, 5) is 23.8. The molecule has 3 N–H and O–H groups in total. The number of hydrogen-bond acceptors (Lipinski definition) is 3. The summed E-state index contributed by atoms with van der Waals surface area (Å²) in [5, 5.41) is 8.67. The molecule has 0 spiro atoms. The number of carbonyl (C=O) groups is 2. The molecule has 0 radical (unpaired) electrons. The highest BCUT2D eigenvalue weighted by molar-refractivity contribution is 5.92. The highest BCUT2D eigenvalue weighted by atomic mass is 16.4. The van der Waals surface area contributed by atoms with Gasteiger partial charge in [0, 0.05) is 24.6 Å². The minimum atomic E-state index is -0.764. The molecule has 0 aliphatic heterocycles. The number of primary amides is 1. The zero-order valence-corrected chi connectivity index (χ0v) is 12.0. The first-order valence-corrected chi connectivity index (χ1v) is 6.74. The van der Waals surface area contributed by atoms with Crippen LogP contribution in [0.15, 0.2) is 24.3 Å². The van der Waals surface area contributed by atoms with Crippen molar-refractivity contribution in [2.75, 3.05) is 6.54 Å². The average molecular weight is 278 g/mol. The summed E-state index contributed by atoms with van der Waals surface area (Å²) >= 11 is 0. The fourth-order valence-corrected chi connectivity index (χ4v) is 1.96. The van der Waals surface area contributed by atoms with Crippen molar-refractivity contribution in [2.45, 2.75) is 39.3 Å². The van der Waals surface area contributed by atoms with Crippen LogP contribution < -0.4 is 5.73 Å². The van der Waals surface area contributed by atoms with Crippen LogP contribution in [0.4, 0.5) is 0 Å². The van der Waals surface area contributed by atoms with E-state index in [1.807, 2.05) is 12.1 Å². The van der Waals surface area contributed by atoms with Gasteiger partial charge in [0.2, 0.25) is 5.91 Å². The number of carbonyl (C=O) groups excluding carboxylic acids is 1. The number of nitrogens with zero attached hydrogens (tertiary/aromatic N) is 1. The van der Waals surface area contributed by atoms with E-state index >= 15 is 0 Å². The van der Waals surface area contributed by atoms with Gasteiger partial charge in [-0.25, -0.2) is 0 Å². The van der Waals surface area contributed by atoms with Gasteiger partial charge >= 0.3 is 5.97 Å². The van der Waals surface area contributed by atoms with Gasteiger partial charge in [-0.2, -0.15) is 0 Å². The van der Waals surface area contributed by atoms with Gasteiger partial charge in [-0.15, -0.1) is 0 Å². The largest absolute Gasteiger partial charge is 0.481 e. The van der Waals surface area contributed by atoms with Gasteiger partial charge in [0.1, 0.15) is 0 Å². The Morgan fingerprint density at radius 1 is 1.25 bits per heavy atom. The molecule has 110 valence electrons. The number of rotatable bonds is 8. The van der Waals surface area contributed by atoms with E-state index in [0.29, 0.717) is 18.0 Å². The molecule has 0 aliphatic rings. The molecule has 0 atom stereocenters. The number of amides is 1. The van der Waals surface area contributed by atoms with Crippen LogP contribution in [-0.2, 0) is 11.3 Å². The Morgan fingerprint density at radius 2 is 1.85 bits per heavy atom. The van der Waals surface area contributed by atoms with Gasteiger partial charge in [0.05, 0.1) is 0 Å². The third-order valence-corrected chi connectivity index (χ3v) is 3.19. The minimum absolute atomic E-state index is 0.184. The molecule has 0 heterocycles. The maximum atomic E-state index is 11.0. The first-order valence-electron chi connectivity index (χ1n) is 6.74. The Hall–Kier alpha value is -1.88. The molecule has 5 nitrogen and oxygen atoms in total. The highest BCUT2D eigenvalue weighted by Gasteiger charge is 2.11. The Morgan fingerprint density at radius 3 is 2.30 bits per heavy atom. The summed E-state index contributed by atoms with van der Waals surface area (Å²) in [5.74, 6) is -1.20. The van der Waals surface area contributed by atoms with Crippen LogP contribution in [0.5, 0.6) is 0 Å². The lowest BCUT2D eigenvalue weighted by atomic mass is 10.1. The van der Waals surface area contributed by atoms with Crippen molar-refractivity contribution in [2.24, 2.45) is 5.73 Å². The van der Waals surface area contributed by atoms with Crippen molar-refractivity contribution in [3.05, 3.63) is 35.4 Å². The van der Waals surface area contributed by atoms with Crippen LogP contribution >= 0.6 is 0 Å². The number of aliphatic carboxylic acids is 1. The molecule has 0 bridgehead atoms. The van der Waals surface area contributed by atoms with E-state index in [0.717, 1.165) is 18.7 Å². The van der Waals surface area contributed by atoms with Crippen molar-refractivity contribution in [1.82, 2.24) is 4.90 Å². The van der Waals surface area contributed by atoms with Crippen LogP contribution in [-0.4, -0.2) is 34.5 Å². The Kier molecular flexibility index (Phi) is 6.18. The van der Waals surface area contributed by atoms with E-state index in [9.17, 15) is 9.59 Å². The Balaban J connectivity index is 2.60. The van der Waals surface area contributed by atoms with Gasteiger partial charge < -0.3 is 10.8 Å². The molecule has 0 fully saturated rings. The number of nitrogens with two attached hydrogens (primary N) is 1. The third-order valence-electron chi connectivity index (χ3n) is 3.19. The molecule has 0 saturated heterocycles. The smallest absolute Gasteiger partial charge is 0.303 e. The van der Waals surface area contributed by atoms with E-state index in [2.05, 4.69) is 18.7 Å². The minimum Gasteiger partial charge on any atom is -0.481 e. The molecule has 5 heteroatoms. The third kappa shape index (κ3) is 5.40. The van der Waals surface area contributed by atoms with Gasteiger partial charge in [-0.3, -0.25) is 14.5 Å². The quantitative estimate of drug-likeness (QED) is 0.760. The molecule has 0 aliphatic carbocycles. The van der Waals surface area contributed by atoms with Crippen molar-refractivity contribution >= 4 is 11.9 Å². The standard InChI is InChI=1S/C15H22N2O3/c1-11(2)17(9-3-4-14(18)19)10-12-5-7-13(8-6-12)15(16)20/h5-8,11H,3-4,9-10H2,1-2H3,(H2,16,20)(H,18,19). The predicted molar refractivity (Wildman–Crippen MR) is 77.4 cm³/mol. The van der Waals surface area contributed by atoms with E-state index < -0.39 is 11.9 Å². The van der Waals surface area contributed by atoms with Crippen LogP contribution in [0.1, 0.15) is 42.6 Å². The lowest BCUT2D eigenvalue weighted by Gasteiger charge is -2.26. The first-order chi connectivity index (χ1) is 9.40. The molecule has 0 unspecified atom stereocenters. The second-order valence-electron chi connectivity index (χ2n) is 5.12. The van der Waals surface area contributed by atoms with Gasteiger partial charge in [-0.05, 0) is 44.5 Å². The number of hydrogen-bond donors (Lipinski definition) is 2. The van der Waals surface area contributed by atoms with Crippen LogP contribution in [0, 0.1) is 0 Å². The summed E-state index contributed by atoms with van der Waals surface area (Å²) in [5.41, 5.74) is 6.78. The molecule has 1 rings (SSSR count). The van der Waals surface area contributed by atoms with Crippen molar-refractivity contribution in [3.63, 3.8) is 0 Å². The Bertz CT molecular complexity index is 455. The summed E-state index contributed by atoms with van der Waals surface area (Å²) in [6, 6.07) is 7.53. The maximum absolute atomic E-state index is 11.0. The van der Waals surface area contributed by atoms with Crippen LogP contribution in [0.25, 0.3) is 0 Å². The van der Waals surface area contributed by atoms with Crippen molar-refractivity contribution in [3.8, 4) is 0 Å². The van der Waals surface area contributed by atoms with E-state index in [1.165, 1.54) is 0 Å². The lowest BCUT2D eigenvalue weighted by molar-refractivity contribution is -0.137.